The number of ether oxygens (including phenoxy) is 2. The molecule has 43 heavy (non-hydrogen) atoms. The van der Waals surface area contributed by atoms with Crippen LogP contribution in [-0.2, 0) is 6.54 Å². The molecule has 1 atom stereocenters. The van der Waals surface area contributed by atoms with Crippen LogP contribution in [0, 0.1) is 18.3 Å². The first-order chi connectivity index (χ1) is 20.7. The van der Waals surface area contributed by atoms with Crippen LogP contribution in [-0.4, -0.2) is 36.0 Å². The van der Waals surface area contributed by atoms with Gasteiger partial charge in [0.25, 0.3) is 0 Å². The SMILES string of the molecule is C/C=C(\C=[N+](C)Cc1ccc(OC)c(C#N)c1)C1=C/C(=C/CC)c2cc(C)cc(C(C)Nc3ccccc3C(=O)O)c2O1. The van der Waals surface area contributed by atoms with Crippen LogP contribution < -0.4 is 14.8 Å². The molecule has 0 aromatic heterocycles. The molecule has 3 aromatic rings. The number of aryl methyl sites for hydroxylation is 1. The summed E-state index contributed by atoms with van der Waals surface area (Å²) in [6.45, 7) is 8.75. The molecule has 4 rings (SSSR count). The summed E-state index contributed by atoms with van der Waals surface area (Å²) in [5.41, 5.74) is 7.28. The molecule has 1 aliphatic rings. The van der Waals surface area contributed by atoms with Gasteiger partial charge in [-0.3, -0.25) is 0 Å². The lowest BCUT2D eigenvalue weighted by molar-refractivity contribution is -0.508. The van der Waals surface area contributed by atoms with E-state index in [1.54, 1.807) is 25.3 Å². The lowest BCUT2D eigenvalue weighted by Crippen LogP contribution is -2.17. The number of anilines is 1. The molecule has 0 fully saturated rings. The molecule has 0 radical (unpaired) electrons. The predicted octanol–water partition coefficient (Wildman–Crippen LogP) is 7.68. The number of carbonyl (C=O) groups is 1. The first-order valence-electron chi connectivity index (χ1n) is 14.3. The smallest absolute Gasteiger partial charge is 0.337 e. The summed E-state index contributed by atoms with van der Waals surface area (Å²) >= 11 is 0. The summed E-state index contributed by atoms with van der Waals surface area (Å²) in [4.78, 5) is 11.8. The van der Waals surface area contributed by atoms with E-state index in [1.807, 2.05) is 57.5 Å². The molecule has 3 aromatic carbocycles. The highest BCUT2D eigenvalue weighted by Crippen LogP contribution is 2.42. The van der Waals surface area contributed by atoms with Gasteiger partial charge in [-0.25, -0.2) is 9.37 Å². The normalized spacial score (nSPS) is 14.7. The van der Waals surface area contributed by atoms with Crippen LogP contribution in [0.15, 0.2) is 84.2 Å². The standard InChI is InChI=1S/C36H37N3O4/c1-7-11-27-19-34(26(8-2)22-39(5)21-25-14-15-33(42-6)28(18-25)20-37)43-35-30(16-23(3)17-31(27)35)24(4)38-32-13-10-9-12-29(32)36(40)41/h8-19,22,24,38H,7,21H2,1-6H3/p+1/b26-8+,27-11-,39-22?. The Morgan fingerprint density at radius 1 is 1.21 bits per heavy atom. The molecule has 1 unspecified atom stereocenters. The van der Waals surface area contributed by atoms with E-state index in [0.29, 0.717) is 23.5 Å². The second-order valence-corrected chi connectivity index (χ2v) is 10.6. The summed E-state index contributed by atoms with van der Waals surface area (Å²) in [5, 5.41) is 22.6. The Morgan fingerprint density at radius 2 is 1.98 bits per heavy atom. The Labute approximate surface area is 253 Å². The summed E-state index contributed by atoms with van der Waals surface area (Å²) in [7, 11) is 3.55. The van der Waals surface area contributed by atoms with Gasteiger partial charge >= 0.3 is 5.97 Å². The number of allylic oxidation sites excluding steroid dienone is 5. The number of nitrogens with zero attached hydrogens (tertiary/aromatic N) is 2. The topological polar surface area (TPSA) is 94.6 Å². The maximum atomic E-state index is 11.8. The molecule has 0 spiro atoms. The van der Waals surface area contributed by atoms with E-state index >= 15 is 0 Å². The number of rotatable bonds is 10. The van der Waals surface area contributed by atoms with Gasteiger partial charge in [-0.15, -0.1) is 0 Å². The van der Waals surface area contributed by atoms with Gasteiger partial charge in [0.1, 0.15) is 30.4 Å². The third-order valence-corrected chi connectivity index (χ3v) is 7.26. The highest BCUT2D eigenvalue weighted by Gasteiger charge is 2.26. The van der Waals surface area contributed by atoms with Crippen LogP contribution in [0.1, 0.15) is 71.4 Å². The zero-order valence-corrected chi connectivity index (χ0v) is 25.6. The molecule has 0 bridgehead atoms. The van der Waals surface area contributed by atoms with Crippen molar-refractivity contribution < 1.29 is 24.0 Å². The van der Waals surface area contributed by atoms with E-state index in [-0.39, 0.29) is 11.6 Å². The highest BCUT2D eigenvalue weighted by molar-refractivity contribution is 5.94. The van der Waals surface area contributed by atoms with E-state index in [1.165, 1.54) is 0 Å². The number of benzene rings is 3. The lowest BCUT2D eigenvalue weighted by Gasteiger charge is -2.27. The average molecular weight is 577 g/mol. The third kappa shape index (κ3) is 7.04. The van der Waals surface area contributed by atoms with Crippen LogP contribution in [0.4, 0.5) is 5.69 Å². The van der Waals surface area contributed by atoms with Gasteiger partial charge in [0, 0.05) is 22.4 Å². The number of hydrogen-bond acceptors (Lipinski definition) is 5. The van der Waals surface area contributed by atoms with Gasteiger partial charge in [0.2, 0.25) is 0 Å². The van der Waals surface area contributed by atoms with Crippen molar-refractivity contribution in [2.24, 2.45) is 0 Å². The van der Waals surface area contributed by atoms with Crippen LogP contribution >= 0.6 is 0 Å². The number of para-hydroxylation sites is 1. The largest absolute Gasteiger partial charge is 0.495 e. The second kappa shape index (κ2) is 13.7. The summed E-state index contributed by atoms with van der Waals surface area (Å²) in [5.74, 6) is 1.05. The molecule has 0 saturated heterocycles. The van der Waals surface area contributed by atoms with Gasteiger partial charge in [0.05, 0.1) is 29.9 Å². The lowest BCUT2D eigenvalue weighted by atomic mass is 9.92. The zero-order valence-electron chi connectivity index (χ0n) is 25.6. The fourth-order valence-corrected chi connectivity index (χ4v) is 5.24. The molecule has 0 saturated carbocycles. The van der Waals surface area contributed by atoms with Crippen LogP contribution in [0.2, 0.25) is 0 Å². The minimum Gasteiger partial charge on any atom is -0.495 e. The molecule has 220 valence electrons. The number of carboxylic acids is 1. The second-order valence-electron chi connectivity index (χ2n) is 10.6. The minimum absolute atomic E-state index is 0.219. The van der Waals surface area contributed by atoms with Gasteiger partial charge in [-0.1, -0.05) is 37.3 Å². The number of hydrogen-bond donors (Lipinski definition) is 2. The van der Waals surface area contributed by atoms with Gasteiger partial charge in [-0.05, 0) is 80.8 Å². The Kier molecular flexibility index (Phi) is 9.84. The fourth-order valence-electron chi connectivity index (χ4n) is 5.24. The fraction of sp³-hybridized carbons (Fsp3) is 0.250. The van der Waals surface area contributed by atoms with E-state index in [9.17, 15) is 15.2 Å². The van der Waals surface area contributed by atoms with Crippen molar-refractivity contribution in [3.63, 3.8) is 0 Å². The molecule has 7 nitrogen and oxygen atoms in total. The van der Waals surface area contributed by atoms with E-state index in [4.69, 9.17) is 9.47 Å². The van der Waals surface area contributed by atoms with Gasteiger partial charge in [0.15, 0.2) is 12.8 Å². The third-order valence-electron chi connectivity index (χ3n) is 7.26. The average Bonchev–Trinajstić information content (AvgIpc) is 2.99. The predicted molar refractivity (Wildman–Crippen MR) is 171 cm³/mol. The molecule has 0 aliphatic carbocycles. The molecule has 1 heterocycles. The number of aromatic carboxylic acids is 1. The van der Waals surface area contributed by atoms with Gasteiger partial charge in [-0.2, -0.15) is 5.26 Å². The van der Waals surface area contributed by atoms with E-state index < -0.39 is 5.97 Å². The van der Waals surface area contributed by atoms with Crippen molar-refractivity contribution in [2.75, 3.05) is 19.5 Å². The molecule has 0 amide bonds. The number of nitrogens with one attached hydrogen (secondary N) is 1. The molecule has 2 N–H and O–H groups in total. The molecule has 1 aliphatic heterocycles. The monoisotopic (exact) mass is 576 g/mol. The maximum absolute atomic E-state index is 11.8. The number of fused-ring (bicyclic) bond motifs is 1. The Morgan fingerprint density at radius 3 is 2.65 bits per heavy atom. The Bertz CT molecular complexity index is 1710. The number of methoxy groups -OCH3 is 1. The maximum Gasteiger partial charge on any atom is 0.337 e. The van der Waals surface area contributed by atoms with Crippen LogP contribution in [0.3, 0.4) is 0 Å². The van der Waals surface area contributed by atoms with Crippen molar-refractivity contribution in [1.82, 2.24) is 0 Å². The molecule has 7 heteroatoms. The van der Waals surface area contributed by atoms with E-state index in [2.05, 4.69) is 54.1 Å². The molecular weight excluding hydrogens is 538 g/mol. The number of nitriles is 1. The Hall–Kier alpha value is -5.09. The minimum atomic E-state index is -0.980. The van der Waals surface area contributed by atoms with Crippen molar-refractivity contribution >= 4 is 23.4 Å². The summed E-state index contributed by atoms with van der Waals surface area (Å²) < 4.78 is 14.0. The van der Waals surface area contributed by atoms with Crippen molar-refractivity contribution in [2.45, 2.75) is 46.7 Å². The number of carboxylic acid groups (broad SMARTS) is 1. The van der Waals surface area contributed by atoms with Crippen molar-refractivity contribution in [3.8, 4) is 17.6 Å². The quantitative estimate of drug-likeness (QED) is 0.190. The summed E-state index contributed by atoms with van der Waals surface area (Å²) in [6, 6.07) is 18.7. The van der Waals surface area contributed by atoms with Crippen LogP contribution in [0.25, 0.3) is 5.57 Å². The van der Waals surface area contributed by atoms with Crippen LogP contribution in [0.5, 0.6) is 11.5 Å². The highest BCUT2D eigenvalue weighted by atomic mass is 16.5. The van der Waals surface area contributed by atoms with Gasteiger partial charge < -0.3 is 19.9 Å². The first kappa shape index (κ1) is 30.9. The first-order valence-corrected chi connectivity index (χ1v) is 14.3. The van der Waals surface area contributed by atoms with E-state index in [0.717, 1.165) is 51.3 Å². The Balaban J connectivity index is 1.69. The molecular formula is C36H38N3O4+. The van der Waals surface area contributed by atoms with Crippen molar-refractivity contribution in [3.05, 3.63) is 118 Å². The zero-order chi connectivity index (χ0) is 31.1. The van der Waals surface area contributed by atoms with Crippen molar-refractivity contribution in [1.29, 1.82) is 5.26 Å². The summed E-state index contributed by atoms with van der Waals surface area (Å²) in [6.07, 6.45) is 9.18.